The lowest BCUT2D eigenvalue weighted by atomic mass is 10.0. The van der Waals surface area contributed by atoms with E-state index in [9.17, 15) is 8.42 Å². The Kier molecular flexibility index (Phi) is 4.31. The van der Waals surface area contributed by atoms with Gasteiger partial charge in [0.25, 0.3) is 0 Å². The minimum Gasteiger partial charge on any atom is -0.299 e. The number of hydrogen-bond acceptors (Lipinski definition) is 4. The number of halogens is 1. The van der Waals surface area contributed by atoms with Crippen molar-refractivity contribution in [1.82, 2.24) is 9.21 Å². The van der Waals surface area contributed by atoms with Crippen molar-refractivity contribution >= 4 is 21.6 Å². The molecule has 1 aliphatic heterocycles. The molecule has 21 heavy (non-hydrogen) atoms. The first-order chi connectivity index (χ1) is 9.68. The zero-order valence-electron chi connectivity index (χ0n) is 12.3. The van der Waals surface area contributed by atoms with Crippen LogP contribution in [0.3, 0.4) is 0 Å². The first-order valence-electron chi connectivity index (χ1n) is 6.59. The molecule has 114 valence electrons. The fraction of sp³-hybridized carbons (Fsp3) is 0.500. The number of sulfonamides is 1. The van der Waals surface area contributed by atoms with Gasteiger partial charge >= 0.3 is 0 Å². The molecule has 1 aromatic rings. The van der Waals surface area contributed by atoms with Crippen LogP contribution < -0.4 is 0 Å². The van der Waals surface area contributed by atoms with E-state index in [0.717, 1.165) is 0 Å². The SMILES string of the molecule is CN1CCN(S(=O)(=O)c2ccc(C#N)c(Cl)c2)CC1(C)C. The summed E-state index contributed by atoms with van der Waals surface area (Å²) in [6.45, 7) is 5.57. The summed E-state index contributed by atoms with van der Waals surface area (Å²) < 4.78 is 26.9. The Morgan fingerprint density at radius 2 is 2.00 bits per heavy atom. The highest BCUT2D eigenvalue weighted by atomic mass is 35.5. The van der Waals surface area contributed by atoms with Crippen LogP contribution in [0.5, 0.6) is 0 Å². The summed E-state index contributed by atoms with van der Waals surface area (Å²) >= 11 is 5.94. The van der Waals surface area contributed by atoms with Gasteiger partial charge in [-0.25, -0.2) is 8.42 Å². The van der Waals surface area contributed by atoms with Crippen molar-refractivity contribution in [3.8, 4) is 6.07 Å². The van der Waals surface area contributed by atoms with Gasteiger partial charge in [-0.2, -0.15) is 9.57 Å². The van der Waals surface area contributed by atoms with Crippen LogP contribution in [0.4, 0.5) is 0 Å². The third kappa shape index (κ3) is 3.06. The molecule has 0 aromatic heterocycles. The van der Waals surface area contributed by atoms with Gasteiger partial charge in [-0.1, -0.05) is 11.6 Å². The third-order valence-corrected chi connectivity index (χ3v) is 6.13. The quantitative estimate of drug-likeness (QED) is 0.832. The predicted molar refractivity (Wildman–Crippen MR) is 81.6 cm³/mol. The van der Waals surface area contributed by atoms with Crippen molar-refractivity contribution in [2.45, 2.75) is 24.3 Å². The minimum atomic E-state index is -3.59. The van der Waals surface area contributed by atoms with Crippen LogP contribution >= 0.6 is 11.6 Å². The highest BCUT2D eigenvalue weighted by molar-refractivity contribution is 7.89. The molecule has 0 radical (unpaired) electrons. The van der Waals surface area contributed by atoms with Gasteiger partial charge in [-0.15, -0.1) is 0 Å². The lowest BCUT2D eigenvalue weighted by Gasteiger charge is -2.44. The van der Waals surface area contributed by atoms with E-state index in [2.05, 4.69) is 4.90 Å². The van der Waals surface area contributed by atoms with Gasteiger partial charge in [0.1, 0.15) is 6.07 Å². The standard InChI is InChI=1S/C14H18ClN3O2S/c1-14(2)10-18(7-6-17(14)3)21(19,20)12-5-4-11(9-16)13(15)8-12/h4-5,8H,6-7,10H2,1-3H3. The van der Waals surface area contributed by atoms with Gasteiger partial charge < -0.3 is 0 Å². The van der Waals surface area contributed by atoms with Crippen LogP contribution in [0.25, 0.3) is 0 Å². The Hall–Kier alpha value is -1.13. The maximum atomic E-state index is 12.7. The van der Waals surface area contributed by atoms with Crippen molar-refractivity contribution in [2.24, 2.45) is 0 Å². The highest BCUT2D eigenvalue weighted by Crippen LogP contribution is 2.27. The lowest BCUT2D eigenvalue weighted by molar-refractivity contribution is 0.0801. The normalized spacial score (nSPS) is 20.1. The average Bonchev–Trinajstić information content (AvgIpc) is 2.41. The monoisotopic (exact) mass is 327 g/mol. The van der Waals surface area contributed by atoms with E-state index >= 15 is 0 Å². The van der Waals surface area contributed by atoms with Gasteiger partial charge in [-0.05, 0) is 39.1 Å². The van der Waals surface area contributed by atoms with Gasteiger partial charge in [0.2, 0.25) is 10.0 Å². The first-order valence-corrected chi connectivity index (χ1v) is 8.41. The van der Waals surface area contributed by atoms with Crippen molar-refractivity contribution < 1.29 is 8.42 Å². The molecular weight excluding hydrogens is 310 g/mol. The van der Waals surface area contributed by atoms with Gasteiger partial charge in [0.05, 0.1) is 15.5 Å². The summed E-state index contributed by atoms with van der Waals surface area (Å²) in [7, 11) is -1.60. The van der Waals surface area contributed by atoms with Gasteiger partial charge in [0.15, 0.2) is 0 Å². The van der Waals surface area contributed by atoms with Crippen LogP contribution in [0.2, 0.25) is 5.02 Å². The summed E-state index contributed by atoms with van der Waals surface area (Å²) in [5.41, 5.74) is 0.0520. The van der Waals surface area contributed by atoms with Gasteiger partial charge in [0, 0.05) is 25.2 Å². The van der Waals surface area contributed by atoms with E-state index in [4.69, 9.17) is 16.9 Å². The number of benzene rings is 1. The summed E-state index contributed by atoms with van der Waals surface area (Å²) in [4.78, 5) is 2.27. The zero-order chi connectivity index (χ0) is 15.8. The fourth-order valence-electron chi connectivity index (χ4n) is 2.30. The molecule has 0 N–H and O–H groups in total. The number of rotatable bonds is 2. The number of nitrogens with zero attached hydrogens (tertiary/aromatic N) is 3. The van der Waals surface area contributed by atoms with Crippen molar-refractivity contribution in [3.63, 3.8) is 0 Å². The summed E-state index contributed by atoms with van der Waals surface area (Å²) in [6, 6.07) is 6.15. The Morgan fingerprint density at radius 3 is 2.52 bits per heavy atom. The average molecular weight is 328 g/mol. The zero-order valence-corrected chi connectivity index (χ0v) is 13.9. The van der Waals surface area contributed by atoms with Crippen LogP contribution in [0, 0.1) is 11.3 Å². The number of likely N-dealkylation sites (N-methyl/N-ethyl adjacent to an activating group) is 1. The lowest BCUT2D eigenvalue weighted by Crippen LogP contribution is -2.58. The summed E-state index contributed by atoms with van der Waals surface area (Å²) in [5.74, 6) is 0. The molecule has 0 saturated carbocycles. The second-order valence-electron chi connectivity index (χ2n) is 5.83. The van der Waals surface area contributed by atoms with E-state index in [1.165, 1.54) is 22.5 Å². The minimum absolute atomic E-state index is 0.131. The second-order valence-corrected chi connectivity index (χ2v) is 8.17. The molecule has 0 spiro atoms. The van der Waals surface area contributed by atoms with E-state index in [0.29, 0.717) is 19.6 Å². The molecule has 0 bridgehead atoms. The molecule has 1 heterocycles. The summed E-state index contributed by atoms with van der Waals surface area (Å²) in [5, 5.41) is 9.02. The van der Waals surface area contributed by atoms with Crippen LogP contribution in [0.15, 0.2) is 23.1 Å². The van der Waals surface area contributed by atoms with Gasteiger partial charge in [-0.3, -0.25) is 4.90 Å². The molecule has 0 aliphatic carbocycles. The van der Waals surface area contributed by atoms with E-state index in [1.807, 2.05) is 27.0 Å². The van der Waals surface area contributed by atoms with E-state index in [1.54, 1.807) is 0 Å². The molecule has 1 aliphatic rings. The predicted octanol–water partition coefficient (Wildman–Crippen LogP) is 1.93. The first kappa shape index (κ1) is 16.2. The molecule has 5 nitrogen and oxygen atoms in total. The van der Waals surface area contributed by atoms with E-state index < -0.39 is 10.0 Å². The Balaban J connectivity index is 2.35. The molecule has 2 rings (SSSR count). The second kappa shape index (κ2) is 5.58. The molecule has 0 amide bonds. The maximum Gasteiger partial charge on any atom is 0.243 e. The van der Waals surface area contributed by atoms with Crippen LogP contribution in [-0.2, 0) is 10.0 Å². The van der Waals surface area contributed by atoms with Crippen molar-refractivity contribution in [2.75, 3.05) is 26.7 Å². The molecule has 1 aromatic carbocycles. The Morgan fingerprint density at radius 1 is 1.33 bits per heavy atom. The van der Waals surface area contributed by atoms with Crippen LogP contribution in [0.1, 0.15) is 19.4 Å². The number of nitriles is 1. The third-order valence-electron chi connectivity index (χ3n) is 3.98. The molecule has 0 atom stereocenters. The van der Waals surface area contributed by atoms with Crippen LogP contribution in [-0.4, -0.2) is 49.8 Å². The summed E-state index contributed by atoms with van der Waals surface area (Å²) in [6.07, 6.45) is 0. The smallest absolute Gasteiger partial charge is 0.243 e. The molecule has 0 unspecified atom stereocenters. The topological polar surface area (TPSA) is 64.4 Å². The largest absolute Gasteiger partial charge is 0.299 e. The maximum absolute atomic E-state index is 12.7. The van der Waals surface area contributed by atoms with E-state index in [-0.39, 0.29) is 21.0 Å². The molecule has 1 saturated heterocycles. The van der Waals surface area contributed by atoms with Crippen molar-refractivity contribution in [3.05, 3.63) is 28.8 Å². The van der Waals surface area contributed by atoms with Crippen molar-refractivity contribution in [1.29, 1.82) is 5.26 Å². The molecular formula is C14H18ClN3O2S. The Bertz CT molecular complexity index is 695. The highest BCUT2D eigenvalue weighted by Gasteiger charge is 2.37. The number of piperazine rings is 1. The molecule has 7 heteroatoms. The molecule has 1 fully saturated rings. The number of hydrogen-bond donors (Lipinski definition) is 0. The Labute approximate surface area is 130 Å². The fourth-order valence-corrected chi connectivity index (χ4v) is 4.20.